The maximum absolute atomic E-state index is 12.7. The molecule has 0 spiro atoms. The van der Waals surface area contributed by atoms with E-state index in [0.717, 1.165) is 22.3 Å². The molecule has 0 aliphatic rings. The highest BCUT2D eigenvalue weighted by molar-refractivity contribution is 6.20. The van der Waals surface area contributed by atoms with Crippen LogP contribution < -0.4 is 5.32 Å². The summed E-state index contributed by atoms with van der Waals surface area (Å²) in [7, 11) is 0. The zero-order chi connectivity index (χ0) is 22.3. The Morgan fingerprint density at radius 2 is 1.94 bits per heavy atom. The molecular formula is C22H24ClN7O. The summed E-state index contributed by atoms with van der Waals surface area (Å²) in [6, 6.07) is 7.87. The first kappa shape index (κ1) is 21.0. The van der Waals surface area contributed by atoms with Crippen LogP contribution in [0.25, 0.3) is 22.5 Å². The molecule has 0 radical (unpaired) electrons. The van der Waals surface area contributed by atoms with Gasteiger partial charge in [0.2, 0.25) is 5.91 Å². The summed E-state index contributed by atoms with van der Waals surface area (Å²) in [4.78, 5) is 21.6. The maximum Gasteiger partial charge on any atom is 0.232 e. The number of carbonyl (C=O) groups excluding carboxylic acids is 1. The van der Waals surface area contributed by atoms with E-state index >= 15 is 0 Å². The maximum atomic E-state index is 12.7. The van der Waals surface area contributed by atoms with E-state index in [1.54, 1.807) is 35.5 Å². The smallest absolute Gasteiger partial charge is 0.232 e. The number of carbonyl (C=O) groups is 1. The van der Waals surface area contributed by atoms with Crippen LogP contribution in [0.2, 0.25) is 0 Å². The summed E-state index contributed by atoms with van der Waals surface area (Å²) in [5, 5.41) is 12.8. The molecule has 1 amide bonds. The van der Waals surface area contributed by atoms with Crippen molar-refractivity contribution in [2.75, 3.05) is 11.2 Å². The van der Waals surface area contributed by atoms with Crippen molar-refractivity contribution in [1.29, 1.82) is 0 Å². The normalized spacial score (nSPS) is 11.8. The Labute approximate surface area is 185 Å². The van der Waals surface area contributed by atoms with Gasteiger partial charge in [0.05, 0.1) is 28.4 Å². The molecule has 9 heteroatoms. The summed E-state index contributed by atoms with van der Waals surface area (Å²) in [6.45, 7) is 9.56. The number of hydrogen-bond acceptors (Lipinski definition) is 5. The fourth-order valence-corrected chi connectivity index (χ4v) is 3.36. The first-order chi connectivity index (χ1) is 14.7. The third-order valence-electron chi connectivity index (χ3n) is 5.37. The molecule has 3 aromatic heterocycles. The number of halogens is 1. The van der Waals surface area contributed by atoms with E-state index in [9.17, 15) is 4.79 Å². The van der Waals surface area contributed by atoms with Crippen LogP contribution in [0.1, 0.15) is 30.7 Å². The van der Waals surface area contributed by atoms with Gasteiger partial charge in [0.1, 0.15) is 12.1 Å². The highest BCUT2D eigenvalue weighted by Crippen LogP contribution is 2.27. The third-order valence-corrected chi connectivity index (χ3v) is 6.04. The van der Waals surface area contributed by atoms with Gasteiger partial charge in [-0.05, 0) is 51.8 Å². The molecule has 8 nitrogen and oxygen atoms in total. The molecule has 0 saturated carbocycles. The number of anilines is 1. The Balaban J connectivity index is 1.83. The van der Waals surface area contributed by atoms with Crippen molar-refractivity contribution >= 4 is 34.4 Å². The number of benzene rings is 1. The third kappa shape index (κ3) is 3.67. The van der Waals surface area contributed by atoms with Gasteiger partial charge in [-0.2, -0.15) is 14.9 Å². The first-order valence-corrected chi connectivity index (χ1v) is 10.5. The highest BCUT2D eigenvalue weighted by Gasteiger charge is 2.28. The molecule has 0 fully saturated rings. The number of fused-ring (bicyclic) bond motifs is 1. The van der Waals surface area contributed by atoms with E-state index in [0.29, 0.717) is 17.3 Å². The van der Waals surface area contributed by atoms with E-state index in [-0.39, 0.29) is 11.8 Å². The minimum absolute atomic E-state index is 0.194. The van der Waals surface area contributed by atoms with Crippen LogP contribution in [-0.4, -0.2) is 41.3 Å². The molecule has 0 aliphatic carbocycles. The average Bonchev–Trinajstić information content (AvgIpc) is 3.33. The van der Waals surface area contributed by atoms with Gasteiger partial charge in [0.15, 0.2) is 11.5 Å². The topological polar surface area (TPSA) is 90.5 Å². The number of alkyl halides is 1. The number of nitrogens with one attached hydrogen (secondary N) is 1. The van der Waals surface area contributed by atoms with Gasteiger partial charge >= 0.3 is 0 Å². The molecule has 0 aliphatic heterocycles. The number of amides is 1. The molecule has 1 aromatic carbocycles. The predicted molar refractivity (Wildman–Crippen MR) is 121 cm³/mol. The zero-order valence-electron chi connectivity index (χ0n) is 18.1. The van der Waals surface area contributed by atoms with Crippen molar-refractivity contribution < 1.29 is 4.79 Å². The fraction of sp³-hybridized carbons (Fsp3) is 0.318. The fourth-order valence-electron chi connectivity index (χ4n) is 3.24. The number of nitrogens with zero attached hydrogens (tertiary/aromatic N) is 6. The van der Waals surface area contributed by atoms with Crippen molar-refractivity contribution in [3.63, 3.8) is 0 Å². The minimum Gasteiger partial charge on any atom is -0.310 e. The lowest BCUT2D eigenvalue weighted by atomic mass is 9.95. The van der Waals surface area contributed by atoms with E-state index in [1.165, 1.54) is 11.9 Å². The summed E-state index contributed by atoms with van der Waals surface area (Å²) in [6.07, 6.45) is 3.20. The monoisotopic (exact) mass is 437 g/mol. The van der Waals surface area contributed by atoms with Crippen LogP contribution in [0.15, 0.2) is 36.8 Å². The summed E-state index contributed by atoms with van der Waals surface area (Å²) in [5.74, 6) is 1.06. The molecule has 0 bridgehead atoms. The van der Waals surface area contributed by atoms with Crippen LogP contribution in [0.5, 0.6) is 0 Å². The van der Waals surface area contributed by atoms with Crippen LogP contribution in [0.3, 0.4) is 0 Å². The number of aryl methyl sites for hydroxylation is 2. The zero-order valence-corrected chi connectivity index (χ0v) is 18.9. The molecule has 31 heavy (non-hydrogen) atoms. The Bertz CT molecular complexity index is 1290. The lowest BCUT2D eigenvalue weighted by Crippen LogP contribution is -2.33. The predicted octanol–water partition coefficient (Wildman–Crippen LogP) is 4.13. The Morgan fingerprint density at radius 3 is 2.68 bits per heavy atom. The largest absolute Gasteiger partial charge is 0.310 e. The van der Waals surface area contributed by atoms with Gasteiger partial charge in [-0.3, -0.25) is 4.79 Å². The number of rotatable bonds is 5. The summed E-state index contributed by atoms with van der Waals surface area (Å²) >= 11 is 5.96. The van der Waals surface area contributed by atoms with E-state index in [2.05, 4.69) is 45.4 Å². The summed E-state index contributed by atoms with van der Waals surface area (Å²) in [5.41, 5.74) is 3.93. The highest BCUT2D eigenvalue weighted by atomic mass is 35.5. The molecule has 0 atom stereocenters. The van der Waals surface area contributed by atoms with Gasteiger partial charge < -0.3 is 5.32 Å². The van der Waals surface area contributed by atoms with E-state index < -0.39 is 5.41 Å². The Hall–Kier alpha value is -3.26. The van der Waals surface area contributed by atoms with E-state index in [4.69, 9.17) is 11.6 Å². The standard InChI is InChI=1S/C22H24ClN7O/c1-13-7-6-8-17(15(13)3)29-19-16(10-26-29)20(25-12-24-19)30-18(9-14(2)28-30)27-21(31)22(4,5)11-23/h6-10,12H,11H2,1-5H3,(H,27,31). The second-order valence-electron chi connectivity index (χ2n) is 8.26. The molecule has 0 unspecified atom stereocenters. The molecule has 3 heterocycles. The van der Waals surface area contributed by atoms with Crippen molar-refractivity contribution in [3.8, 4) is 11.5 Å². The first-order valence-electron chi connectivity index (χ1n) is 9.92. The van der Waals surface area contributed by atoms with Gasteiger partial charge in [-0.1, -0.05) is 12.1 Å². The molecule has 4 rings (SSSR count). The molecule has 0 saturated heterocycles. The molecule has 4 aromatic rings. The van der Waals surface area contributed by atoms with Crippen molar-refractivity contribution in [1.82, 2.24) is 29.5 Å². The van der Waals surface area contributed by atoms with Crippen LogP contribution >= 0.6 is 11.6 Å². The number of hydrogen-bond donors (Lipinski definition) is 1. The van der Waals surface area contributed by atoms with Gasteiger partial charge in [-0.25, -0.2) is 14.6 Å². The van der Waals surface area contributed by atoms with Crippen LogP contribution in [0, 0.1) is 26.2 Å². The SMILES string of the molecule is Cc1cc(NC(=O)C(C)(C)CCl)n(-c2ncnc3c2cnn3-c2cccc(C)c2C)n1. The van der Waals surface area contributed by atoms with Gasteiger partial charge in [0.25, 0.3) is 0 Å². The van der Waals surface area contributed by atoms with Crippen LogP contribution in [0.4, 0.5) is 5.82 Å². The second-order valence-corrected chi connectivity index (χ2v) is 8.53. The lowest BCUT2D eigenvalue weighted by molar-refractivity contribution is -0.123. The molecular weight excluding hydrogens is 414 g/mol. The molecule has 1 N–H and O–H groups in total. The lowest BCUT2D eigenvalue weighted by Gasteiger charge is -2.20. The van der Waals surface area contributed by atoms with Crippen molar-refractivity contribution in [3.05, 3.63) is 53.6 Å². The van der Waals surface area contributed by atoms with E-state index in [1.807, 2.05) is 19.1 Å². The summed E-state index contributed by atoms with van der Waals surface area (Å²) < 4.78 is 3.41. The minimum atomic E-state index is -0.723. The quantitative estimate of drug-likeness (QED) is 0.474. The number of aromatic nitrogens is 6. The average molecular weight is 438 g/mol. The Morgan fingerprint density at radius 1 is 1.16 bits per heavy atom. The van der Waals surface area contributed by atoms with Gasteiger partial charge in [0, 0.05) is 11.9 Å². The second kappa shape index (κ2) is 7.77. The Kier molecular flexibility index (Phi) is 5.26. The van der Waals surface area contributed by atoms with Gasteiger partial charge in [-0.15, -0.1) is 11.6 Å². The molecule has 160 valence electrons. The van der Waals surface area contributed by atoms with Crippen molar-refractivity contribution in [2.45, 2.75) is 34.6 Å². The van der Waals surface area contributed by atoms with Crippen LogP contribution in [-0.2, 0) is 4.79 Å². The van der Waals surface area contributed by atoms with Crippen molar-refractivity contribution in [2.24, 2.45) is 5.41 Å².